The molecular weight excluding hydrogens is 242 g/mol. The number of hydrogen-bond donors (Lipinski definition) is 1. The molecule has 3 rings (SSSR count). The summed E-state index contributed by atoms with van der Waals surface area (Å²) in [5.74, 6) is 1.36. The van der Waals surface area contributed by atoms with Crippen LogP contribution >= 0.6 is 0 Å². The van der Waals surface area contributed by atoms with Crippen molar-refractivity contribution >= 4 is 11.9 Å². The van der Waals surface area contributed by atoms with Crippen molar-refractivity contribution in [2.45, 2.75) is 32.2 Å². The van der Waals surface area contributed by atoms with Crippen LogP contribution in [0.5, 0.6) is 0 Å². The van der Waals surface area contributed by atoms with Gasteiger partial charge in [0.1, 0.15) is 0 Å². The minimum Gasteiger partial charge on any atom is -0.368 e. The Balaban J connectivity index is 1.98. The molecule has 7 nitrogen and oxygen atoms in total. The van der Waals surface area contributed by atoms with Crippen LogP contribution in [0.25, 0.3) is 5.95 Å². The maximum atomic E-state index is 5.79. The summed E-state index contributed by atoms with van der Waals surface area (Å²) < 4.78 is 1.60. The average Bonchev–Trinajstić information content (AvgIpc) is 3.09. The molecule has 0 aliphatic carbocycles. The summed E-state index contributed by atoms with van der Waals surface area (Å²) in [5, 5.41) is 4.12. The highest BCUT2D eigenvalue weighted by molar-refractivity contribution is 5.39. The van der Waals surface area contributed by atoms with Gasteiger partial charge in [0.25, 0.3) is 5.95 Å². The van der Waals surface area contributed by atoms with E-state index in [1.165, 1.54) is 12.8 Å². The van der Waals surface area contributed by atoms with E-state index in [9.17, 15) is 0 Å². The van der Waals surface area contributed by atoms with Crippen LogP contribution in [0.4, 0.5) is 11.9 Å². The van der Waals surface area contributed by atoms with Crippen molar-refractivity contribution in [1.29, 1.82) is 0 Å². The average molecular weight is 259 g/mol. The molecule has 100 valence electrons. The van der Waals surface area contributed by atoms with E-state index in [0.29, 0.717) is 17.9 Å². The van der Waals surface area contributed by atoms with Gasteiger partial charge in [-0.1, -0.05) is 6.92 Å². The van der Waals surface area contributed by atoms with Crippen molar-refractivity contribution < 1.29 is 0 Å². The molecule has 1 aliphatic rings. The molecule has 2 N–H and O–H groups in total. The molecule has 2 aromatic heterocycles. The molecule has 1 aliphatic heterocycles. The molecule has 7 heteroatoms. The van der Waals surface area contributed by atoms with Gasteiger partial charge >= 0.3 is 0 Å². The Morgan fingerprint density at radius 2 is 2.16 bits per heavy atom. The van der Waals surface area contributed by atoms with Crippen molar-refractivity contribution in [3.8, 4) is 5.95 Å². The first-order chi connectivity index (χ1) is 9.28. The van der Waals surface area contributed by atoms with Crippen LogP contribution in [0, 0.1) is 0 Å². The number of anilines is 2. The molecule has 0 spiro atoms. The number of rotatable bonds is 3. The fraction of sp³-hybridized carbons (Fsp3) is 0.500. The second-order valence-electron chi connectivity index (χ2n) is 4.64. The predicted octanol–water partition coefficient (Wildman–Crippen LogP) is 1.02. The molecule has 0 radical (unpaired) electrons. The van der Waals surface area contributed by atoms with Gasteiger partial charge in [-0.2, -0.15) is 20.1 Å². The number of nitrogen functional groups attached to an aromatic ring is 1. The van der Waals surface area contributed by atoms with Crippen molar-refractivity contribution in [2.24, 2.45) is 0 Å². The zero-order valence-electron chi connectivity index (χ0n) is 10.9. The third-order valence-electron chi connectivity index (χ3n) is 3.44. The van der Waals surface area contributed by atoms with Crippen molar-refractivity contribution in [3.63, 3.8) is 0 Å². The smallest absolute Gasteiger partial charge is 0.257 e. The van der Waals surface area contributed by atoms with Gasteiger partial charge in [0.05, 0.1) is 0 Å². The maximum Gasteiger partial charge on any atom is 0.257 e. The van der Waals surface area contributed by atoms with Gasteiger partial charge in [0.2, 0.25) is 11.9 Å². The lowest BCUT2D eigenvalue weighted by Crippen LogP contribution is -2.31. The van der Waals surface area contributed by atoms with E-state index in [-0.39, 0.29) is 5.95 Å². The summed E-state index contributed by atoms with van der Waals surface area (Å²) in [6, 6.07) is 2.32. The van der Waals surface area contributed by atoms with Gasteiger partial charge in [-0.3, -0.25) is 0 Å². The topological polar surface area (TPSA) is 85.8 Å². The Morgan fingerprint density at radius 3 is 2.89 bits per heavy atom. The van der Waals surface area contributed by atoms with Gasteiger partial charge in [0.15, 0.2) is 0 Å². The highest BCUT2D eigenvalue weighted by Crippen LogP contribution is 2.24. The predicted molar refractivity (Wildman–Crippen MR) is 72.0 cm³/mol. The monoisotopic (exact) mass is 259 g/mol. The third kappa shape index (κ3) is 2.23. The Hall–Kier alpha value is -2.18. The van der Waals surface area contributed by atoms with Crippen LogP contribution in [0.1, 0.15) is 26.2 Å². The molecule has 1 atom stereocenters. The molecule has 0 bridgehead atoms. The summed E-state index contributed by atoms with van der Waals surface area (Å²) in [6.45, 7) is 3.16. The second-order valence-corrected chi connectivity index (χ2v) is 4.64. The summed E-state index contributed by atoms with van der Waals surface area (Å²) in [6.07, 6.45) is 6.91. The molecule has 1 fully saturated rings. The molecule has 0 aromatic carbocycles. The van der Waals surface area contributed by atoms with Crippen LogP contribution in [0.2, 0.25) is 0 Å². The lowest BCUT2D eigenvalue weighted by Gasteiger charge is -2.23. The highest BCUT2D eigenvalue weighted by atomic mass is 15.4. The Bertz CT molecular complexity index is 551. The van der Waals surface area contributed by atoms with Gasteiger partial charge in [-0.15, -0.1) is 0 Å². The van der Waals surface area contributed by atoms with Crippen LogP contribution < -0.4 is 10.6 Å². The van der Waals surface area contributed by atoms with E-state index in [4.69, 9.17) is 5.73 Å². The Labute approximate surface area is 111 Å². The quantitative estimate of drug-likeness (QED) is 0.885. The minimum atomic E-state index is 0.234. The standard InChI is InChI=1S/C12H17N7/c1-2-9-5-3-7-18(9)11-15-10(13)16-12(17-11)19-8-4-6-14-19/h4,6,8-9H,2-3,5,7H2,1H3,(H2,13,15,16,17). The van der Waals surface area contributed by atoms with E-state index in [2.05, 4.69) is 31.9 Å². The number of aromatic nitrogens is 5. The van der Waals surface area contributed by atoms with Gasteiger partial charge in [-0.05, 0) is 25.3 Å². The van der Waals surface area contributed by atoms with E-state index >= 15 is 0 Å². The fourth-order valence-electron chi connectivity index (χ4n) is 2.51. The molecule has 19 heavy (non-hydrogen) atoms. The van der Waals surface area contributed by atoms with Gasteiger partial charge < -0.3 is 10.6 Å². The summed E-state index contributed by atoms with van der Waals surface area (Å²) in [4.78, 5) is 15.1. The minimum absolute atomic E-state index is 0.234. The zero-order chi connectivity index (χ0) is 13.2. The van der Waals surface area contributed by atoms with Crippen LogP contribution in [-0.2, 0) is 0 Å². The first kappa shape index (κ1) is 11.9. The SMILES string of the molecule is CCC1CCCN1c1nc(N)nc(-n2cccn2)n1. The fourth-order valence-corrected chi connectivity index (χ4v) is 2.51. The van der Waals surface area contributed by atoms with Crippen molar-refractivity contribution in [1.82, 2.24) is 24.7 Å². The van der Waals surface area contributed by atoms with E-state index < -0.39 is 0 Å². The molecular formula is C12H17N7. The van der Waals surface area contributed by atoms with Crippen molar-refractivity contribution in [3.05, 3.63) is 18.5 Å². The van der Waals surface area contributed by atoms with E-state index in [0.717, 1.165) is 13.0 Å². The lowest BCUT2D eigenvalue weighted by molar-refractivity contribution is 0.631. The van der Waals surface area contributed by atoms with Crippen LogP contribution in [-0.4, -0.2) is 37.3 Å². The van der Waals surface area contributed by atoms with E-state index in [1.807, 2.05) is 6.07 Å². The highest BCUT2D eigenvalue weighted by Gasteiger charge is 2.26. The van der Waals surface area contributed by atoms with E-state index in [1.54, 1.807) is 17.1 Å². The van der Waals surface area contributed by atoms with Crippen LogP contribution in [0.15, 0.2) is 18.5 Å². The summed E-state index contributed by atoms with van der Waals surface area (Å²) >= 11 is 0. The van der Waals surface area contributed by atoms with Crippen molar-refractivity contribution in [2.75, 3.05) is 17.2 Å². The maximum absolute atomic E-state index is 5.79. The number of hydrogen-bond acceptors (Lipinski definition) is 6. The Kier molecular flexibility index (Phi) is 3.02. The molecule has 1 saturated heterocycles. The molecule has 3 heterocycles. The zero-order valence-corrected chi connectivity index (χ0v) is 10.9. The third-order valence-corrected chi connectivity index (χ3v) is 3.44. The first-order valence-corrected chi connectivity index (χ1v) is 6.56. The molecule has 1 unspecified atom stereocenters. The summed E-state index contributed by atoms with van der Waals surface area (Å²) in [5.41, 5.74) is 5.79. The number of nitrogens with two attached hydrogens (primary N) is 1. The molecule has 0 amide bonds. The number of nitrogens with zero attached hydrogens (tertiary/aromatic N) is 6. The van der Waals surface area contributed by atoms with Gasteiger partial charge in [-0.25, -0.2) is 4.68 Å². The Morgan fingerprint density at radius 1 is 1.32 bits per heavy atom. The van der Waals surface area contributed by atoms with Crippen LogP contribution in [0.3, 0.4) is 0 Å². The lowest BCUT2D eigenvalue weighted by atomic mass is 10.2. The first-order valence-electron chi connectivity index (χ1n) is 6.56. The molecule has 2 aromatic rings. The normalized spacial score (nSPS) is 19.0. The molecule has 0 saturated carbocycles. The summed E-state index contributed by atoms with van der Waals surface area (Å²) in [7, 11) is 0. The van der Waals surface area contributed by atoms with Gasteiger partial charge in [0, 0.05) is 25.0 Å². The largest absolute Gasteiger partial charge is 0.368 e. The second kappa shape index (κ2) is 4.83.